The van der Waals surface area contributed by atoms with Gasteiger partial charge in [-0.05, 0) is 24.5 Å². The van der Waals surface area contributed by atoms with Crippen LogP contribution in [-0.4, -0.2) is 35.6 Å². The highest BCUT2D eigenvalue weighted by Gasteiger charge is 2.21. The molecule has 0 fully saturated rings. The van der Waals surface area contributed by atoms with Crippen molar-refractivity contribution in [2.75, 3.05) is 13.1 Å². The molecule has 2 amide bonds. The number of amides is 2. The molecule has 0 saturated heterocycles. The highest BCUT2D eigenvalue weighted by atomic mass is 16.2. The minimum Gasteiger partial charge on any atom is -0.356 e. The molecule has 5 heteroatoms. The van der Waals surface area contributed by atoms with Crippen LogP contribution in [0.15, 0.2) is 59.7 Å². The molecule has 1 heterocycles. The van der Waals surface area contributed by atoms with E-state index < -0.39 is 0 Å². The van der Waals surface area contributed by atoms with E-state index in [1.165, 1.54) is 16.1 Å². The number of nitrogens with zero attached hydrogens (tertiary/aromatic N) is 2. The van der Waals surface area contributed by atoms with Crippen molar-refractivity contribution < 1.29 is 9.59 Å². The zero-order valence-corrected chi connectivity index (χ0v) is 15.6. The first-order valence-corrected chi connectivity index (χ1v) is 9.37. The predicted molar refractivity (Wildman–Crippen MR) is 106 cm³/mol. The molecule has 0 radical (unpaired) electrons. The van der Waals surface area contributed by atoms with Gasteiger partial charge in [-0.15, -0.1) is 0 Å². The minimum absolute atomic E-state index is 0.0250. The molecule has 0 bridgehead atoms. The molecule has 27 heavy (non-hydrogen) atoms. The van der Waals surface area contributed by atoms with Crippen LogP contribution in [0.5, 0.6) is 0 Å². The van der Waals surface area contributed by atoms with Gasteiger partial charge in [-0.2, -0.15) is 5.10 Å². The number of nitrogens with one attached hydrogen (secondary N) is 1. The number of hydrogen-bond acceptors (Lipinski definition) is 3. The molecule has 5 nitrogen and oxygen atoms in total. The molecule has 3 rings (SSSR count). The number of benzene rings is 2. The molecule has 0 aliphatic carbocycles. The highest BCUT2D eigenvalue weighted by molar-refractivity contribution is 6.04. The number of carbonyl (C=O) groups is 2. The van der Waals surface area contributed by atoms with Crippen LogP contribution < -0.4 is 5.32 Å². The van der Waals surface area contributed by atoms with Gasteiger partial charge in [0.1, 0.15) is 0 Å². The van der Waals surface area contributed by atoms with Gasteiger partial charge < -0.3 is 5.32 Å². The van der Waals surface area contributed by atoms with E-state index in [0.29, 0.717) is 25.9 Å². The molecule has 0 spiro atoms. The summed E-state index contributed by atoms with van der Waals surface area (Å²) in [6.45, 7) is 2.94. The van der Waals surface area contributed by atoms with Gasteiger partial charge >= 0.3 is 0 Å². The smallest absolute Gasteiger partial charge is 0.243 e. The van der Waals surface area contributed by atoms with E-state index in [0.717, 1.165) is 17.7 Å². The summed E-state index contributed by atoms with van der Waals surface area (Å²) in [5.74, 6) is -0.0839. The maximum Gasteiger partial charge on any atom is 0.243 e. The van der Waals surface area contributed by atoms with Crippen molar-refractivity contribution in [3.05, 3.63) is 71.3 Å². The first kappa shape index (κ1) is 18.8. The molecule has 2 aromatic carbocycles. The van der Waals surface area contributed by atoms with Crippen molar-refractivity contribution >= 4 is 17.5 Å². The Morgan fingerprint density at radius 2 is 1.81 bits per heavy atom. The van der Waals surface area contributed by atoms with Crippen LogP contribution >= 0.6 is 0 Å². The summed E-state index contributed by atoms with van der Waals surface area (Å²) in [6, 6.07) is 18.2. The predicted octanol–water partition coefficient (Wildman–Crippen LogP) is 3.07. The fraction of sp³-hybridized carbons (Fsp3) is 0.318. The number of hydrogen-bond donors (Lipinski definition) is 1. The fourth-order valence-corrected chi connectivity index (χ4v) is 3.02. The van der Waals surface area contributed by atoms with E-state index in [4.69, 9.17) is 0 Å². The SMILES string of the molecule is Cc1ccc(C2=NN(CCC(=O)NCCc3ccccc3)C(=O)CC2)cc1. The number of rotatable bonds is 7. The largest absolute Gasteiger partial charge is 0.356 e. The zero-order valence-electron chi connectivity index (χ0n) is 15.6. The van der Waals surface area contributed by atoms with Crippen molar-refractivity contribution in [2.24, 2.45) is 5.10 Å². The Morgan fingerprint density at radius 3 is 2.56 bits per heavy atom. The van der Waals surface area contributed by atoms with Gasteiger partial charge in [0.15, 0.2) is 0 Å². The topological polar surface area (TPSA) is 61.8 Å². The molecule has 0 unspecified atom stereocenters. The Kier molecular flexibility index (Phi) is 6.36. The molecule has 1 N–H and O–H groups in total. The third kappa shape index (κ3) is 5.51. The van der Waals surface area contributed by atoms with Crippen molar-refractivity contribution in [1.82, 2.24) is 10.3 Å². The standard InChI is InChI=1S/C22H25N3O2/c1-17-7-9-19(10-8-17)20-11-12-22(27)25(24-20)16-14-21(26)23-15-13-18-5-3-2-4-6-18/h2-10H,11-16H2,1H3,(H,23,26). The van der Waals surface area contributed by atoms with Crippen molar-refractivity contribution in [2.45, 2.75) is 32.6 Å². The van der Waals surface area contributed by atoms with Crippen molar-refractivity contribution in [3.63, 3.8) is 0 Å². The lowest BCUT2D eigenvalue weighted by molar-refractivity contribution is -0.132. The fourth-order valence-electron chi connectivity index (χ4n) is 3.02. The van der Waals surface area contributed by atoms with Crippen LogP contribution in [0.25, 0.3) is 0 Å². The summed E-state index contributed by atoms with van der Waals surface area (Å²) in [4.78, 5) is 24.2. The van der Waals surface area contributed by atoms with Gasteiger partial charge in [0.05, 0.1) is 12.3 Å². The van der Waals surface area contributed by atoms with E-state index in [2.05, 4.69) is 10.4 Å². The van der Waals surface area contributed by atoms with Crippen LogP contribution in [0.2, 0.25) is 0 Å². The maximum absolute atomic E-state index is 12.1. The Morgan fingerprint density at radius 1 is 1.07 bits per heavy atom. The van der Waals surface area contributed by atoms with E-state index in [9.17, 15) is 9.59 Å². The Bertz CT molecular complexity index is 813. The van der Waals surface area contributed by atoms with Crippen molar-refractivity contribution in [1.29, 1.82) is 0 Å². The summed E-state index contributed by atoms with van der Waals surface area (Å²) < 4.78 is 0. The van der Waals surface area contributed by atoms with Gasteiger partial charge in [-0.25, -0.2) is 5.01 Å². The Balaban J connectivity index is 1.49. The minimum atomic E-state index is -0.0589. The van der Waals surface area contributed by atoms with Gasteiger partial charge in [-0.3, -0.25) is 9.59 Å². The molecular formula is C22H25N3O2. The second-order valence-corrected chi connectivity index (χ2v) is 6.77. The molecule has 2 aromatic rings. The van der Waals surface area contributed by atoms with Crippen LogP contribution in [0.3, 0.4) is 0 Å². The first-order valence-electron chi connectivity index (χ1n) is 9.37. The molecule has 0 atom stereocenters. The summed E-state index contributed by atoms with van der Waals surface area (Å²) in [6.07, 6.45) is 2.13. The summed E-state index contributed by atoms with van der Waals surface area (Å²) in [5.41, 5.74) is 4.32. The summed E-state index contributed by atoms with van der Waals surface area (Å²) in [7, 11) is 0. The van der Waals surface area contributed by atoms with Gasteiger partial charge in [0.25, 0.3) is 0 Å². The molecule has 140 valence electrons. The Hall–Kier alpha value is -2.95. The number of aryl methyl sites for hydroxylation is 1. The molecule has 0 saturated carbocycles. The lowest BCUT2D eigenvalue weighted by atomic mass is 10.0. The molecular weight excluding hydrogens is 338 g/mol. The first-order chi connectivity index (χ1) is 13.1. The van der Waals surface area contributed by atoms with Gasteiger partial charge in [0, 0.05) is 25.8 Å². The monoisotopic (exact) mass is 363 g/mol. The quantitative estimate of drug-likeness (QED) is 0.822. The van der Waals surface area contributed by atoms with Crippen molar-refractivity contribution in [3.8, 4) is 0 Å². The lowest BCUT2D eigenvalue weighted by Gasteiger charge is -2.23. The van der Waals surface area contributed by atoms with Crippen LogP contribution in [0.4, 0.5) is 0 Å². The third-order valence-corrected chi connectivity index (χ3v) is 4.62. The summed E-state index contributed by atoms with van der Waals surface area (Å²) in [5, 5.41) is 8.83. The van der Waals surface area contributed by atoms with E-state index in [1.54, 1.807) is 0 Å². The lowest BCUT2D eigenvalue weighted by Crippen LogP contribution is -2.35. The van der Waals surface area contributed by atoms with Crippen LogP contribution in [-0.2, 0) is 16.0 Å². The molecule has 1 aliphatic heterocycles. The summed E-state index contributed by atoms with van der Waals surface area (Å²) >= 11 is 0. The van der Waals surface area contributed by atoms with Gasteiger partial charge in [-0.1, -0.05) is 60.2 Å². The van der Waals surface area contributed by atoms with Gasteiger partial charge in [0.2, 0.25) is 11.8 Å². The third-order valence-electron chi connectivity index (χ3n) is 4.62. The molecule has 1 aliphatic rings. The second-order valence-electron chi connectivity index (χ2n) is 6.77. The van der Waals surface area contributed by atoms with Crippen LogP contribution in [0.1, 0.15) is 36.0 Å². The normalized spacial score (nSPS) is 14.0. The van der Waals surface area contributed by atoms with E-state index >= 15 is 0 Å². The average molecular weight is 363 g/mol. The zero-order chi connectivity index (χ0) is 19.1. The number of carbonyl (C=O) groups excluding carboxylic acids is 2. The van der Waals surface area contributed by atoms with E-state index in [1.807, 2.05) is 61.5 Å². The molecule has 0 aromatic heterocycles. The Labute approximate surface area is 160 Å². The highest BCUT2D eigenvalue weighted by Crippen LogP contribution is 2.16. The number of hydrazone groups is 1. The second kappa shape index (κ2) is 9.12. The average Bonchev–Trinajstić information content (AvgIpc) is 2.69. The van der Waals surface area contributed by atoms with Crippen LogP contribution in [0, 0.1) is 6.92 Å². The van der Waals surface area contributed by atoms with E-state index in [-0.39, 0.29) is 18.2 Å². The maximum atomic E-state index is 12.1.